The summed E-state index contributed by atoms with van der Waals surface area (Å²) in [6, 6.07) is 0. The van der Waals surface area contributed by atoms with Crippen LogP contribution in [0.2, 0.25) is 0 Å². The molecule has 0 atom stereocenters. The first-order valence-electron chi connectivity index (χ1n) is 6.83. The van der Waals surface area contributed by atoms with Gasteiger partial charge in [0, 0.05) is 20.2 Å². The number of methoxy groups -OCH3 is 1. The van der Waals surface area contributed by atoms with Crippen molar-refractivity contribution in [1.29, 1.82) is 0 Å². The summed E-state index contributed by atoms with van der Waals surface area (Å²) in [7, 11) is 1.60. The minimum atomic E-state index is -0.457. The van der Waals surface area contributed by atoms with E-state index in [0.29, 0.717) is 24.7 Å². The van der Waals surface area contributed by atoms with Gasteiger partial charge in [0.15, 0.2) is 5.13 Å². The molecule has 0 radical (unpaired) electrons. The second kappa shape index (κ2) is 6.59. The molecule has 1 fully saturated rings. The summed E-state index contributed by atoms with van der Waals surface area (Å²) < 4.78 is 10.4. The molecule has 1 aliphatic heterocycles. The summed E-state index contributed by atoms with van der Waals surface area (Å²) in [6.45, 7) is 7.09. The number of hydrogen-bond acceptors (Lipinski definition) is 7. The maximum Gasteiger partial charge on any atom is 0.265 e. The lowest BCUT2D eigenvalue weighted by atomic mass is 10.1. The highest BCUT2D eigenvalue weighted by Gasteiger charge is 2.26. The van der Waals surface area contributed by atoms with Crippen LogP contribution in [0.4, 0.5) is 10.9 Å². The van der Waals surface area contributed by atoms with E-state index in [2.05, 4.69) is 15.2 Å². The maximum absolute atomic E-state index is 12.3. The van der Waals surface area contributed by atoms with Gasteiger partial charge in [-0.1, -0.05) is 11.3 Å². The Morgan fingerprint density at radius 1 is 1.52 bits per heavy atom. The number of thiazole rings is 1. The van der Waals surface area contributed by atoms with Crippen LogP contribution >= 0.6 is 11.3 Å². The van der Waals surface area contributed by atoms with Gasteiger partial charge in [-0.2, -0.15) is 0 Å². The van der Waals surface area contributed by atoms with Crippen LogP contribution in [0.15, 0.2) is 0 Å². The minimum absolute atomic E-state index is 0.216. The van der Waals surface area contributed by atoms with E-state index in [1.54, 1.807) is 7.11 Å². The quantitative estimate of drug-likeness (QED) is 0.832. The number of nitrogens with two attached hydrogens (primary N) is 1. The number of hydrogen-bond donors (Lipinski definition) is 2. The van der Waals surface area contributed by atoms with Crippen molar-refractivity contribution in [1.82, 2.24) is 10.3 Å². The van der Waals surface area contributed by atoms with Crippen molar-refractivity contribution in [3.8, 4) is 0 Å². The van der Waals surface area contributed by atoms with Crippen molar-refractivity contribution in [2.75, 3.05) is 50.7 Å². The number of anilines is 2. The Balaban J connectivity index is 2.09. The van der Waals surface area contributed by atoms with Crippen LogP contribution in [-0.2, 0) is 9.47 Å². The van der Waals surface area contributed by atoms with E-state index in [4.69, 9.17) is 15.2 Å². The number of nitrogens with one attached hydrogen (secondary N) is 1. The average molecular weight is 314 g/mol. The van der Waals surface area contributed by atoms with E-state index >= 15 is 0 Å². The van der Waals surface area contributed by atoms with Gasteiger partial charge in [-0.25, -0.2) is 4.98 Å². The molecule has 1 amide bonds. The standard InChI is InChI=1S/C13H22N4O3S/c1-13(2,8-19-3)16-11(18)9-10(14)15-12(21-9)17-4-6-20-7-5-17/h4-8,14H2,1-3H3,(H,16,18). The fraction of sp³-hybridized carbons (Fsp3) is 0.692. The number of carbonyl (C=O) groups is 1. The summed E-state index contributed by atoms with van der Waals surface area (Å²) in [5.41, 5.74) is 5.43. The molecule has 0 unspecified atom stereocenters. The molecule has 118 valence electrons. The molecule has 7 nitrogen and oxygen atoms in total. The topological polar surface area (TPSA) is 89.7 Å². The number of carbonyl (C=O) groups excluding carboxylic acids is 1. The van der Waals surface area contributed by atoms with Crippen LogP contribution < -0.4 is 16.0 Å². The molecule has 0 aliphatic carbocycles. The van der Waals surface area contributed by atoms with Crippen molar-refractivity contribution in [3.63, 3.8) is 0 Å². The summed E-state index contributed by atoms with van der Waals surface area (Å²) in [5, 5.41) is 3.68. The molecule has 1 saturated heterocycles. The second-order valence-electron chi connectivity index (χ2n) is 5.58. The zero-order valence-corrected chi connectivity index (χ0v) is 13.5. The minimum Gasteiger partial charge on any atom is -0.382 e. The molecule has 1 aromatic rings. The van der Waals surface area contributed by atoms with Crippen LogP contribution in [0, 0.1) is 0 Å². The molecule has 2 rings (SSSR count). The van der Waals surface area contributed by atoms with Crippen molar-refractivity contribution in [2.45, 2.75) is 19.4 Å². The Morgan fingerprint density at radius 2 is 2.19 bits per heavy atom. The number of nitrogen functional groups attached to an aromatic ring is 1. The SMILES string of the molecule is COCC(C)(C)NC(=O)c1sc(N2CCOCC2)nc1N. The smallest absolute Gasteiger partial charge is 0.265 e. The molecule has 0 saturated carbocycles. The molecule has 1 aliphatic rings. The van der Waals surface area contributed by atoms with Gasteiger partial charge in [-0.05, 0) is 13.8 Å². The van der Waals surface area contributed by atoms with Gasteiger partial charge in [-0.3, -0.25) is 4.79 Å². The molecule has 1 aromatic heterocycles. The van der Waals surface area contributed by atoms with Gasteiger partial charge in [0.05, 0.1) is 25.4 Å². The Labute approximate surface area is 128 Å². The van der Waals surface area contributed by atoms with Crippen molar-refractivity contribution in [3.05, 3.63) is 4.88 Å². The van der Waals surface area contributed by atoms with Crippen LogP contribution in [0.1, 0.15) is 23.5 Å². The summed E-state index contributed by atoms with van der Waals surface area (Å²) in [5.74, 6) is 0.0544. The number of morpholine rings is 1. The highest BCUT2D eigenvalue weighted by atomic mass is 32.1. The van der Waals surface area contributed by atoms with E-state index < -0.39 is 5.54 Å². The van der Waals surface area contributed by atoms with Crippen molar-refractivity contribution >= 4 is 28.2 Å². The van der Waals surface area contributed by atoms with E-state index in [1.165, 1.54) is 11.3 Å². The maximum atomic E-state index is 12.3. The third kappa shape index (κ3) is 4.05. The lowest BCUT2D eigenvalue weighted by Crippen LogP contribution is -2.46. The molecule has 21 heavy (non-hydrogen) atoms. The summed E-state index contributed by atoms with van der Waals surface area (Å²) in [6.07, 6.45) is 0. The molecule has 8 heteroatoms. The highest BCUT2D eigenvalue weighted by molar-refractivity contribution is 7.18. The van der Waals surface area contributed by atoms with Gasteiger partial charge in [0.25, 0.3) is 5.91 Å². The molecule has 0 aromatic carbocycles. The molecular formula is C13H22N4O3S. The van der Waals surface area contributed by atoms with Crippen molar-refractivity contribution in [2.24, 2.45) is 0 Å². The first kappa shape index (κ1) is 16.0. The lowest BCUT2D eigenvalue weighted by Gasteiger charge is -2.26. The van der Waals surface area contributed by atoms with Gasteiger partial charge >= 0.3 is 0 Å². The Morgan fingerprint density at radius 3 is 2.81 bits per heavy atom. The van der Waals surface area contributed by atoms with Gasteiger partial charge in [-0.15, -0.1) is 0 Å². The number of nitrogens with zero attached hydrogens (tertiary/aromatic N) is 2. The van der Waals surface area contributed by atoms with Crippen LogP contribution in [-0.4, -0.2) is 56.5 Å². The zero-order chi connectivity index (χ0) is 15.5. The van der Waals surface area contributed by atoms with E-state index in [1.807, 2.05) is 13.8 Å². The largest absolute Gasteiger partial charge is 0.382 e. The molecular weight excluding hydrogens is 292 g/mol. The monoisotopic (exact) mass is 314 g/mol. The fourth-order valence-electron chi connectivity index (χ4n) is 2.13. The second-order valence-corrected chi connectivity index (χ2v) is 6.56. The Bertz CT molecular complexity index is 498. The number of aromatic nitrogens is 1. The predicted molar refractivity (Wildman–Crippen MR) is 83.0 cm³/mol. The van der Waals surface area contributed by atoms with Gasteiger partial charge in [0.1, 0.15) is 10.7 Å². The number of rotatable bonds is 5. The normalized spacial score (nSPS) is 16.0. The average Bonchev–Trinajstić information content (AvgIpc) is 2.81. The third-order valence-electron chi connectivity index (χ3n) is 3.09. The first-order chi connectivity index (χ1) is 9.93. The Hall–Kier alpha value is -1.38. The van der Waals surface area contributed by atoms with E-state index in [0.717, 1.165) is 18.2 Å². The summed E-state index contributed by atoms with van der Waals surface area (Å²) in [4.78, 5) is 19.2. The van der Waals surface area contributed by atoms with Crippen LogP contribution in [0.25, 0.3) is 0 Å². The first-order valence-corrected chi connectivity index (χ1v) is 7.65. The van der Waals surface area contributed by atoms with Crippen LogP contribution in [0.5, 0.6) is 0 Å². The molecule has 0 bridgehead atoms. The predicted octanol–water partition coefficient (Wildman–Crippen LogP) is 0.717. The van der Waals surface area contributed by atoms with Crippen LogP contribution in [0.3, 0.4) is 0 Å². The zero-order valence-electron chi connectivity index (χ0n) is 12.6. The third-order valence-corrected chi connectivity index (χ3v) is 4.22. The molecule has 0 spiro atoms. The lowest BCUT2D eigenvalue weighted by molar-refractivity contribution is 0.0824. The fourth-order valence-corrected chi connectivity index (χ4v) is 3.07. The van der Waals surface area contributed by atoms with E-state index in [9.17, 15) is 4.79 Å². The highest BCUT2D eigenvalue weighted by Crippen LogP contribution is 2.29. The van der Waals surface area contributed by atoms with Gasteiger partial charge < -0.3 is 25.4 Å². The Kier molecular flexibility index (Phi) is 5.02. The number of ether oxygens (including phenoxy) is 2. The summed E-state index contributed by atoms with van der Waals surface area (Å²) >= 11 is 1.31. The molecule has 2 heterocycles. The van der Waals surface area contributed by atoms with Gasteiger partial charge in [0.2, 0.25) is 0 Å². The van der Waals surface area contributed by atoms with Crippen molar-refractivity contribution < 1.29 is 14.3 Å². The molecule has 3 N–H and O–H groups in total. The number of amides is 1. The van der Waals surface area contributed by atoms with E-state index in [-0.39, 0.29) is 11.7 Å².